The molecule has 0 radical (unpaired) electrons. The molecular formula is C9H9NOS. The van der Waals surface area contributed by atoms with Crippen LogP contribution >= 0.6 is 11.8 Å². The first-order chi connectivity index (χ1) is 5.86. The minimum atomic E-state index is 0.868. The van der Waals surface area contributed by atoms with Crippen LogP contribution < -0.4 is 0 Å². The third-order valence-electron chi connectivity index (χ3n) is 1.65. The van der Waals surface area contributed by atoms with Crippen molar-refractivity contribution in [1.82, 2.24) is 4.98 Å². The van der Waals surface area contributed by atoms with Crippen molar-refractivity contribution in [2.24, 2.45) is 0 Å². The molecule has 0 fully saturated rings. The van der Waals surface area contributed by atoms with Gasteiger partial charge in [-0.15, -0.1) is 0 Å². The lowest BCUT2D eigenvalue weighted by Gasteiger charge is -2.07. The van der Waals surface area contributed by atoms with Crippen LogP contribution in [0.4, 0.5) is 0 Å². The smallest absolute Gasteiger partial charge is 0.181 e. The van der Waals surface area contributed by atoms with Gasteiger partial charge in [-0.25, -0.2) is 4.98 Å². The van der Waals surface area contributed by atoms with Crippen LogP contribution in [0.3, 0.4) is 0 Å². The van der Waals surface area contributed by atoms with Crippen molar-refractivity contribution in [3.8, 4) is 0 Å². The maximum absolute atomic E-state index is 5.19. The van der Waals surface area contributed by atoms with E-state index in [1.165, 1.54) is 16.2 Å². The van der Waals surface area contributed by atoms with Crippen LogP contribution in [0.25, 0.3) is 4.91 Å². The molecule has 0 N–H and O–H groups in total. The van der Waals surface area contributed by atoms with E-state index >= 15 is 0 Å². The Morgan fingerprint density at radius 3 is 3.08 bits per heavy atom. The van der Waals surface area contributed by atoms with Crippen LogP contribution in [-0.2, 0) is 0 Å². The molecule has 0 saturated carbocycles. The minimum Gasteiger partial charge on any atom is -0.443 e. The summed E-state index contributed by atoms with van der Waals surface area (Å²) >= 11 is 1.73. The highest BCUT2D eigenvalue weighted by Crippen LogP contribution is 2.36. The summed E-state index contributed by atoms with van der Waals surface area (Å²) in [5, 5.41) is 0. The molecule has 2 heterocycles. The van der Waals surface area contributed by atoms with Crippen LogP contribution in [0.2, 0.25) is 0 Å². The number of allylic oxidation sites excluding steroid dienone is 3. The van der Waals surface area contributed by atoms with Gasteiger partial charge in [-0.3, -0.25) is 0 Å². The van der Waals surface area contributed by atoms with E-state index in [9.17, 15) is 0 Å². The van der Waals surface area contributed by atoms with Crippen LogP contribution in [0.5, 0.6) is 0 Å². The van der Waals surface area contributed by atoms with E-state index in [0.29, 0.717) is 0 Å². The SMILES string of the molecule is CC1=CCC=C(c2cnco2)S1. The topological polar surface area (TPSA) is 26.0 Å². The molecule has 0 amide bonds. The third-order valence-corrected chi connectivity index (χ3v) is 2.73. The first-order valence-electron chi connectivity index (χ1n) is 3.80. The van der Waals surface area contributed by atoms with Crippen molar-refractivity contribution in [2.75, 3.05) is 0 Å². The van der Waals surface area contributed by atoms with E-state index < -0.39 is 0 Å². The largest absolute Gasteiger partial charge is 0.443 e. The fraction of sp³-hybridized carbons (Fsp3) is 0.222. The fourth-order valence-corrected chi connectivity index (χ4v) is 1.98. The Morgan fingerprint density at radius 1 is 1.50 bits per heavy atom. The molecule has 0 unspecified atom stereocenters. The molecule has 0 atom stereocenters. The fourth-order valence-electron chi connectivity index (χ4n) is 1.08. The molecule has 2 rings (SSSR count). The van der Waals surface area contributed by atoms with Gasteiger partial charge in [0.05, 0.1) is 11.1 Å². The van der Waals surface area contributed by atoms with Crippen molar-refractivity contribution in [3.05, 3.63) is 35.4 Å². The lowest BCUT2D eigenvalue weighted by molar-refractivity contribution is 0.547. The van der Waals surface area contributed by atoms with Gasteiger partial charge in [0.15, 0.2) is 12.2 Å². The number of thioether (sulfide) groups is 1. The van der Waals surface area contributed by atoms with Crippen molar-refractivity contribution >= 4 is 16.7 Å². The number of hydrogen-bond donors (Lipinski definition) is 0. The molecule has 1 aliphatic heterocycles. The number of oxazole rings is 1. The highest BCUT2D eigenvalue weighted by atomic mass is 32.2. The Bertz CT molecular complexity index is 324. The maximum atomic E-state index is 5.19. The van der Waals surface area contributed by atoms with Gasteiger partial charge in [0.1, 0.15) is 0 Å². The van der Waals surface area contributed by atoms with E-state index in [2.05, 4.69) is 24.1 Å². The zero-order chi connectivity index (χ0) is 8.39. The Morgan fingerprint density at radius 2 is 2.42 bits per heavy atom. The van der Waals surface area contributed by atoms with Gasteiger partial charge in [0.25, 0.3) is 0 Å². The standard InChI is InChI=1S/C9H9NOS/c1-7-3-2-4-9(12-7)8-5-10-6-11-8/h3-6H,2H2,1H3. The molecular weight excluding hydrogens is 170 g/mol. The van der Waals surface area contributed by atoms with Crippen molar-refractivity contribution in [3.63, 3.8) is 0 Å². The molecule has 0 aliphatic carbocycles. The van der Waals surface area contributed by atoms with Gasteiger partial charge in [-0.05, 0) is 18.2 Å². The summed E-state index contributed by atoms with van der Waals surface area (Å²) in [7, 11) is 0. The molecule has 1 aromatic heterocycles. The van der Waals surface area contributed by atoms with E-state index in [4.69, 9.17) is 4.42 Å². The second-order valence-corrected chi connectivity index (χ2v) is 3.87. The summed E-state index contributed by atoms with van der Waals surface area (Å²) in [5.41, 5.74) is 0. The lowest BCUT2D eigenvalue weighted by atomic mass is 10.3. The summed E-state index contributed by atoms with van der Waals surface area (Å²) in [6.07, 6.45) is 8.55. The average Bonchev–Trinajstić information content (AvgIpc) is 2.56. The van der Waals surface area contributed by atoms with E-state index in [-0.39, 0.29) is 0 Å². The first kappa shape index (κ1) is 7.68. The van der Waals surface area contributed by atoms with E-state index in [0.717, 1.165) is 12.2 Å². The summed E-state index contributed by atoms with van der Waals surface area (Å²) in [5.74, 6) is 0.868. The second-order valence-electron chi connectivity index (χ2n) is 2.59. The number of nitrogens with zero attached hydrogens (tertiary/aromatic N) is 1. The van der Waals surface area contributed by atoms with E-state index in [1.54, 1.807) is 18.0 Å². The van der Waals surface area contributed by atoms with E-state index in [1.807, 2.05) is 0 Å². The molecule has 0 aromatic carbocycles. The zero-order valence-electron chi connectivity index (χ0n) is 6.78. The van der Waals surface area contributed by atoms with Crippen LogP contribution in [0, 0.1) is 0 Å². The van der Waals surface area contributed by atoms with Gasteiger partial charge >= 0.3 is 0 Å². The highest BCUT2D eigenvalue weighted by molar-refractivity contribution is 8.11. The summed E-state index contributed by atoms with van der Waals surface area (Å²) in [6.45, 7) is 2.11. The predicted octanol–water partition coefficient (Wildman–Crippen LogP) is 3.06. The van der Waals surface area contributed by atoms with Gasteiger partial charge in [0, 0.05) is 0 Å². The monoisotopic (exact) mass is 179 g/mol. The van der Waals surface area contributed by atoms with Crippen molar-refractivity contribution < 1.29 is 4.42 Å². The molecule has 12 heavy (non-hydrogen) atoms. The van der Waals surface area contributed by atoms with Gasteiger partial charge in [-0.2, -0.15) is 0 Å². The van der Waals surface area contributed by atoms with Gasteiger partial charge < -0.3 is 4.42 Å². The first-order valence-corrected chi connectivity index (χ1v) is 4.61. The quantitative estimate of drug-likeness (QED) is 0.662. The molecule has 0 spiro atoms. The number of hydrogen-bond acceptors (Lipinski definition) is 3. The summed E-state index contributed by atoms with van der Waals surface area (Å²) in [6, 6.07) is 0. The summed E-state index contributed by atoms with van der Waals surface area (Å²) in [4.78, 5) is 6.38. The average molecular weight is 179 g/mol. The van der Waals surface area contributed by atoms with Crippen LogP contribution in [0.15, 0.2) is 34.1 Å². The Kier molecular flexibility index (Phi) is 2.04. The summed E-state index contributed by atoms with van der Waals surface area (Å²) < 4.78 is 5.19. The Hall–Kier alpha value is -0.960. The minimum absolute atomic E-state index is 0.868. The van der Waals surface area contributed by atoms with Crippen LogP contribution in [-0.4, -0.2) is 4.98 Å². The normalized spacial score (nSPS) is 17.1. The molecule has 2 nitrogen and oxygen atoms in total. The highest BCUT2D eigenvalue weighted by Gasteiger charge is 2.09. The Balaban J connectivity index is 2.22. The molecule has 0 bridgehead atoms. The Labute approximate surface area is 75.4 Å². The van der Waals surface area contributed by atoms with Gasteiger partial charge in [-0.1, -0.05) is 23.9 Å². The van der Waals surface area contributed by atoms with Crippen molar-refractivity contribution in [1.29, 1.82) is 0 Å². The molecule has 3 heteroatoms. The third kappa shape index (κ3) is 1.46. The second kappa shape index (κ2) is 3.19. The van der Waals surface area contributed by atoms with Gasteiger partial charge in [0.2, 0.25) is 0 Å². The molecule has 1 aliphatic rings. The molecule has 0 saturated heterocycles. The number of aromatic nitrogens is 1. The molecule has 1 aromatic rings. The lowest BCUT2D eigenvalue weighted by Crippen LogP contribution is -1.82. The number of rotatable bonds is 1. The predicted molar refractivity (Wildman–Crippen MR) is 50.4 cm³/mol. The molecule has 62 valence electrons. The maximum Gasteiger partial charge on any atom is 0.181 e. The van der Waals surface area contributed by atoms with Crippen LogP contribution in [0.1, 0.15) is 19.1 Å². The zero-order valence-corrected chi connectivity index (χ0v) is 7.60. The van der Waals surface area contributed by atoms with Crippen molar-refractivity contribution in [2.45, 2.75) is 13.3 Å².